The molecule has 0 aromatic heterocycles. The Kier molecular flexibility index (Phi) is 5.97. The van der Waals surface area contributed by atoms with Crippen LogP contribution in [0.1, 0.15) is 68.6 Å². The van der Waals surface area contributed by atoms with Gasteiger partial charge < -0.3 is 14.6 Å². The standard InChI is InChI=1S/C29H32O4S/c1-17-13-26(20(27(30)31)16-21(17)32-8)34-24-11-9-18(28(2,3)4)14-22(24)33-23-15-19(29(5,6)7)10-12-25(23)34/h9-16H,1-8H3/p+1. The van der Waals surface area contributed by atoms with Crippen LogP contribution >= 0.6 is 0 Å². The minimum atomic E-state index is -0.965. The Balaban J connectivity index is 2.02. The van der Waals surface area contributed by atoms with Gasteiger partial charge in [-0.25, -0.2) is 4.79 Å². The second-order valence-corrected chi connectivity index (χ2v) is 12.8. The van der Waals surface area contributed by atoms with E-state index in [9.17, 15) is 9.90 Å². The summed E-state index contributed by atoms with van der Waals surface area (Å²) < 4.78 is 11.9. The normalized spacial score (nSPS) is 13.6. The van der Waals surface area contributed by atoms with Crippen molar-refractivity contribution >= 4 is 16.9 Å². The predicted octanol–water partition coefficient (Wildman–Crippen LogP) is 7.50. The van der Waals surface area contributed by atoms with Crippen LogP contribution in [-0.2, 0) is 21.7 Å². The minimum absolute atomic E-state index is 0.0343. The Hall–Kier alpha value is -2.92. The number of hydrogen-bond donors (Lipinski definition) is 1. The molecule has 34 heavy (non-hydrogen) atoms. The highest BCUT2D eigenvalue weighted by molar-refractivity contribution is 7.97. The van der Waals surface area contributed by atoms with Crippen molar-refractivity contribution < 1.29 is 19.4 Å². The number of carboxylic acids is 1. The van der Waals surface area contributed by atoms with Gasteiger partial charge in [0.05, 0.1) is 7.11 Å². The average molecular weight is 478 g/mol. The zero-order valence-corrected chi connectivity index (χ0v) is 22.0. The Labute approximate surface area is 205 Å². The van der Waals surface area contributed by atoms with Crippen molar-refractivity contribution in [1.29, 1.82) is 0 Å². The Morgan fingerprint density at radius 3 is 1.74 bits per heavy atom. The van der Waals surface area contributed by atoms with Gasteiger partial charge in [-0.2, -0.15) is 0 Å². The number of ether oxygens (including phenoxy) is 2. The van der Waals surface area contributed by atoms with Crippen LogP contribution in [0.2, 0.25) is 0 Å². The second-order valence-electron chi connectivity index (χ2n) is 10.9. The number of carboxylic acid groups (broad SMARTS) is 1. The largest absolute Gasteiger partial charge is 0.496 e. The van der Waals surface area contributed by atoms with Crippen LogP contribution in [0.5, 0.6) is 17.2 Å². The van der Waals surface area contributed by atoms with E-state index in [2.05, 4.69) is 77.9 Å². The summed E-state index contributed by atoms with van der Waals surface area (Å²) in [5, 5.41) is 10.1. The van der Waals surface area contributed by atoms with E-state index in [1.807, 2.05) is 13.0 Å². The molecular formula is C29H33O4S+. The number of hydrogen-bond acceptors (Lipinski definition) is 3. The first kappa shape index (κ1) is 24.2. The molecule has 3 aromatic carbocycles. The predicted molar refractivity (Wildman–Crippen MR) is 137 cm³/mol. The molecule has 0 fully saturated rings. The number of fused-ring (bicyclic) bond motifs is 2. The molecule has 178 valence electrons. The maximum atomic E-state index is 12.4. The van der Waals surface area contributed by atoms with Gasteiger partial charge in [0.15, 0.2) is 16.4 Å². The van der Waals surface area contributed by atoms with Gasteiger partial charge in [-0.1, -0.05) is 53.7 Å². The molecule has 1 aliphatic heterocycles. The molecule has 0 saturated carbocycles. The van der Waals surface area contributed by atoms with E-state index >= 15 is 0 Å². The van der Waals surface area contributed by atoms with Crippen LogP contribution < -0.4 is 9.47 Å². The van der Waals surface area contributed by atoms with E-state index in [1.165, 1.54) is 11.1 Å². The van der Waals surface area contributed by atoms with E-state index in [-0.39, 0.29) is 16.4 Å². The summed E-state index contributed by atoms with van der Waals surface area (Å²) in [6.45, 7) is 15.0. The van der Waals surface area contributed by atoms with Gasteiger partial charge in [0, 0.05) is 12.1 Å². The SMILES string of the molecule is COc1cc(C(=O)O)c([S+]2c3ccc(C(C)(C)C)cc3Oc3cc(C(C)(C)C)ccc32)cc1C. The van der Waals surface area contributed by atoms with E-state index in [0.29, 0.717) is 5.75 Å². The minimum Gasteiger partial charge on any atom is -0.496 e. The fourth-order valence-corrected chi connectivity index (χ4v) is 6.52. The zero-order chi connectivity index (χ0) is 25.0. The number of rotatable bonds is 3. The number of benzene rings is 3. The van der Waals surface area contributed by atoms with Gasteiger partial charge in [0.1, 0.15) is 22.2 Å². The molecule has 0 bridgehead atoms. The Morgan fingerprint density at radius 2 is 1.32 bits per heavy atom. The van der Waals surface area contributed by atoms with Gasteiger partial charge >= 0.3 is 5.97 Å². The van der Waals surface area contributed by atoms with Crippen LogP contribution in [0, 0.1) is 6.92 Å². The molecule has 0 radical (unpaired) electrons. The molecule has 0 aliphatic carbocycles. The third-order valence-corrected chi connectivity index (χ3v) is 8.56. The zero-order valence-electron chi connectivity index (χ0n) is 21.2. The molecule has 0 atom stereocenters. The lowest BCUT2D eigenvalue weighted by molar-refractivity contribution is 0.0692. The van der Waals surface area contributed by atoms with Gasteiger partial charge in [0.25, 0.3) is 0 Å². The highest BCUT2D eigenvalue weighted by Crippen LogP contribution is 2.50. The third-order valence-electron chi connectivity index (χ3n) is 6.23. The summed E-state index contributed by atoms with van der Waals surface area (Å²) in [7, 11) is 0.924. The molecule has 4 nitrogen and oxygen atoms in total. The number of aromatic carboxylic acids is 1. The second kappa shape index (κ2) is 8.38. The monoisotopic (exact) mass is 477 g/mol. The molecule has 1 N–H and O–H groups in total. The van der Waals surface area contributed by atoms with E-state index < -0.39 is 16.9 Å². The topological polar surface area (TPSA) is 55.8 Å². The molecule has 1 heterocycles. The highest BCUT2D eigenvalue weighted by atomic mass is 32.2. The fourth-order valence-electron chi connectivity index (χ4n) is 4.14. The van der Waals surface area contributed by atoms with Crippen LogP contribution in [0.4, 0.5) is 0 Å². The first-order valence-electron chi connectivity index (χ1n) is 11.4. The number of methoxy groups -OCH3 is 1. The lowest BCUT2D eigenvalue weighted by Gasteiger charge is -2.26. The summed E-state index contributed by atoms with van der Waals surface area (Å²) in [6, 6.07) is 16.3. The maximum Gasteiger partial charge on any atom is 0.340 e. The molecular weight excluding hydrogens is 444 g/mol. The molecule has 0 saturated heterocycles. The van der Waals surface area contributed by atoms with Gasteiger partial charge in [-0.15, -0.1) is 0 Å². The Morgan fingerprint density at radius 1 is 0.824 bits per heavy atom. The molecule has 3 aromatic rings. The van der Waals surface area contributed by atoms with Crippen LogP contribution in [0.3, 0.4) is 0 Å². The van der Waals surface area contributed by atoms with Gasteiger partial charge in [0.2, 0.25) is 9.79 Å². The molecule has 0 spiro atoms. The first-order valence-corrected chi connectivity index (χ1v) is 12.7. The summed E-state index contributed by atoms with van der Waals surface area (Å²) in [6.07, 6.45) is 0. The summed E-state index contributed by atoms with van der Waals surface area (Å²) >= 11 is 0. The maximum absolute atomic E-state index is 12.4. The van der Waals surface area contributed by atoms with Crippen molar-refractivity contribution in [3.8, 4) is 17.2 Å². The summed E-state index contributed by atoms with van der Waals surface area (Å²) in [4.78, 5) is 15.1. The van der Waals surface area contributed by atoms with Gasteiger partial charge in [-0.05, 0) is 58.7 Å². The average Bonchev–Trinajstić information content (AvgIpc) is 2.75. The number of aryl methyl sites for hydroxylation is 1. The van der Waals surface area contributed by atoms with Crippen molar-refractivity contribution in [2.24, 2.45) is 0 Å². The molecule has 5 heteroatoms. The highest BCUT2D eigenvalue weighted by Gasteiger charge is 2.43. The summed E-state index contributed by atoms with van der Waals surface area (Å²) in [5.41, 5.74) is 3.44. The van der Waals surface area contributed by atoms with Crippen LogP contribution in [0.25, 0.3) is 0 Å². The first-order chi connectivity index (χ1) is 15.8. The smallest absolute Gasteiger partial charge is 0.340 e. The van der Waals surface area contributed by atoms with Crippen molar-refractivity contribution in [1.82, 2.24) is 0 Å². The van der Waals surface area contributed by atoms with E-state index in [1.54, 1.807) is 13.2 Å². The number of carbonyl (C=O) groups is 1. The van der Waals surface area contributed by atoms with E-state index in [0.717, 1.165) is 31.7 Å². The van der Waals surface area contributed by atoms with E-state index in [4.69, 9.17) is 9.47 Å². The molecule has 1 aliphatic rings. The molecule has 4 rings (SSSR count). The van der Waals surface area contributed by atoms with Crippen LogP contribution in [-0.4, -0.2) is 18.2 Å². The molecule has 0 amide bonds. The quantitative estimate of drug-likeness (QED) is 0.310. The Bertz CT molecular complexity index is 1220. The van der Waals surface area contributed by atoms with Crippen molar-refractivity contribution in [3.63, 3.8) is 0 Å². The van der Waals surface area contributed by atoms with Crippen molar-refractivity contribution in [3.05, 3.63) is 70.8 Å². The fraction of sp³-hybridized carbons (Fsp3) is 0.345. The van der Waals surface area contributed by atoms with Gasteiger partial charge in [-0.3, -0.25) is 0 Å². The van der Waals surface area contributed by atoms with Crippen molar-refractivity contribution in [2.75, 3.05) is 7.11 Å². The molecule has 0 unspecified atom stereocenters. The lowest BCUT2D eigenvalue weighted by Crippen LogP contribution is -2.19. The lowest BCUT2D eigenvalue weighted by atomic mass is 9.87. The third kappa shape index (κ3) is 4.29. The summed E-state index contributed by atoms with van der Waals surface area (Å²) in [5.74, 6) is 1.19. The van der Waals surface area contributed by atoms with Crippen molar-refractivity contribution in [2.45, 2.75) is 74.0 Å². The van der Waals surface area contributed by atoms with Crippen LogP contribution in [0.15, 0.2) is 63.2 Å².